The molecule has 0 amide bonds. The summed E-state index contributed by atoms with van der Waals surface area (Å²) in [5.41, 5.74) is 0. The molecular weight excluding hydrogens is 268 g/mol. The van der Waals surface area contributed by atoms with Gasteiger partial charge in [0.15, 0.2) is 0 Å². The van der Waals surface area contributed by atoms with E-state index in [0.717, 1.165) is 13.0 Å². The number of rotatable bonds is 9. The van der Waals surface area contributed by atoms with E-state index in [9.17, 15) is 8.42 Å². The van der Waals surface area contributed by atoms with Gasteiger partial charge in [0.25, 0.3) is 10.2 Å². The average molecular weight is 290 g/mol. The SMILES string of the molecule is CC(C)NCCCN(C)S(=O)(=O)NCc1ncn[nH]1. The molecule has 0 saturated heterocycles. The molecule has 1 rings (SSSR count). The molecule has 1 heterocycles. The fourth-order valence-corrected chi connectivity index (χ4v) is 2.31. The fourth-order valence-electron chi connectivity index (χ4n) is 1.40. The normalized spacial score (nSPS) is 12.5. The van der Waals surface area contributed by atoms with Crippen molar-refractivity contribution < 1.29 is 8.42 Å². The highest BCUT2D eigenvalue weighted by Gasteiger charge is 2.16. The highest BCUT2D eigenvalue weighted by atomic mass is 32.2. The summed E-state index contributed by atoms with van der Waals surface area (Å²) in [6, 6.07) is 0.409. The molecule has 0 saturated carbocycles. The van der Waals surface area contributed by atoms with Crippen LogP contribution in [0.4, 0.5) is 0 Å². The van der Waals surface area contributed by atoms with Gasteiger partial charge in [0.2, 0.25) is 0 Å². The largest absolute Gasteiger partial charge is 0.314 e. The van der Waals surface area contributed by atoms with Gasteiger partial charge in [-0.1, -0.05) is 13.8 Å². The van der Waals surface area contributed by atoms with Gasteiger partial charge in [-0.25, -0.2) is 4.98 Å². The lowest BCUT2D eigenvalue weighted by Crippen LogP contribution is -2.39. The highest BCUT2D eigenvalue weighted by Crippen LogP contribution is 1.97. The van der Waals surface area contributed by atoms with Crippen molar-refractivity contribution in [3.05, 3.63) is 12.2 Å². The third-order valence-corrected chi connectivity index (χ3v) is 4.01. The summed E-state index contributed by atoms with van der Waals surface area (Å²) in [5.74, 6) is 0.485. The molecule has 0 spiro atoms. The van der Waals surface area contributed by atoms with E-state index < -0.39 is 10.2 Å². The molecule has 0 fully saturated rings. The third-order valence-electron chi connectivity index (χ3n) is 2.50. The maximum Gasteiger partial charge on any atom is 0.279 e. The number of aromatic nitrogens is 3. The Hall–Kier alpha value is -1.03. The van der Waals surface area contributed by atoms with Gasteiger partial charge in [0.1, 0.15) is 12.2 Å². The van der Waals surface area contributed by atoms with Crippen molar-refractivity contribution in [3.8, 4) is 0 Å². The van der Waals surface area contributed by atoms with Crippen molar-refractivity contribution in [1.29, 1.82) is 0 Å². The minimum Gasteiger partial charge on any atom is -0.314 e. The molecule has 0 radical (unpaired) electrons. The van der Waals surface area contributed by atoms with Gasteiger partial charge in [0, 0.05) is 19.6 Å². The van der Waals surface area contributed by atoms with Crippen LogP contribution in [0, 0.1) is 0 Å². The van der Waals surface area contributed by atoms with Crippen LogP contribution in [-0.4, -0.2) is 54.1 Å². The summed E-state index contributed by atoms with van der Waals surface area (Å²) >= 11 is 0. The zero-order chi connectivity index (χ0) is 14.3. The van der Waals surface area contributed by atoms with E-state index in [0.29, 0.717) is 18.4 Å². The molecule has 1 aromatic heterocycles. The van der Waals surface area contributed by atoms with Crippen molar-refractivity contribution >= 4 is 10.2 Å². The maximum absolute atomic E-state index is 11.9. The Morgan fingerprint density at radius 1 is 1.47 bits per heavy atom. The Bertz CT molecular complexity index is 445. The van der Waals surface area contributed by atoms with E-state index in [4.69, 9.17) is 0 Å². The Kier molecular flexibility index (Phi) is 6.35. The van der Waals surface area contributed by atoms with Gasteiger partial charge < -0.3 is 5.32 Å². The van der Waals surface area contributed by atoms with Crippen LogP contribution in [-0.2, 0) is 16.8 Å². The zero-order valence-electron chi connectivity index (χ0n) is 11.5. The van der Waals surface area contributed by atoms with Gasteiger partial charge in [0.05, 0.1) is 6.54 Å². The monoisotopic (exact) mass is 290 g/mol. The minimum atomic E-state index is -3.47. The van der Waals surface area contributed by atoms with Gasteiger partial charge >= 0.3 is 0 Å². The predicted molar refractivity (Wildman–Crippen MR) is 72.5 cm³/mol. The molecule has 3 N–H and O–H groups in total. The number of nitrogens with zero attached hydrogens (tertiary/aromatic N) is 3. The fraction of sp³-hybridized carbons (Fsp3) is 0.800. The van der Waals surface area contributed by atoms with Gasteiger partial charge in [-0.3, -0.25) is 5.10 Å². The minimum absolute atomic E-state index is 0.108. The lowest BCUT2D eigenvalue weighted by atomic mass is 10.3. The Labute approximate surface area is 114 Å². The van der Waals surface area contributed by atoms with Crippen molar-refractivity contribution in [2.75, 3.05) is 20.1 Å². The van der Waals surface area contributed by atoms with Crippen LogP contribution < -0.4 is 10.0 Å². The van der Waals surface area contributed by atoms with E-state index in [1.54, 1.807) is 7.05 Å². The van der Waals surface area contributed by atoms with Crippen molar-refractivity contribution in [2.24, 2.45) is 0 Å². The van der Waals surface area contributed by atoms with E-state index in [1.807, 2.05) is 0 Å². The summed E-state index contributed by atoms with van der Waals surface area (Å²) in [7, 11) is -1.92. The molecule has 0 bridgehead atoms. The standard InChI is InChI=1S/C10H22N6O2S/c1-9(2)11-5-4-6-16(3)19(17,18)14-7-10-12-8-13-15-10/h8-9,11,14H,4-7H2,1-3H3,(H,12,13,15). The molecule has 0 aliphatic carbocycles. The van der Waals surface area contributed by atoms with Crippen molar-refractivity contribution in [2.45, 2.75) is 32.9 Å². The highest BCUT2D eigenvalue weighted by molar-refractivity contribution is 7.87. The molecule has 9 heteroatoms. The first kappa shape index (κ1) is 16.0. The number of hydrogen-bond donors (Lipinski definition) is 3. The molecule has 0 aliphatic heterocycles. The second-order valence-electron chi connectivity index (χ2n) is 4.54. The summed E-state index contributed by atoms with van der Waals surface area (Å²) in [6.07, 6.45) is 2.10. The first-order valence-corrected chi connectivity index (χ1v) is 7.64. The molecule has 19 heavy (non-hydrogen) atoms. The van der Waals surface area contributed by atoms with Crippen molar-refractivity contribution in [3.63, 3.8) is 0 Å². The topological polar surface area (TPSA) is 103 Å². The zero-order valence-corrected chi connectivity index (χ0v) is 12.4. The van der Waals surface area contributed by atoms with E-state index in [1.165, 1.54) is 10.6 Å². The summed E-state index contributed by atoms with van der Waals surface area (Å²) in [6.45, 7) is 5.47. The van der Waals surface area contributed by atoms with Crippen molar-refractivity contribution in [1.82, 2.24) is 29.5 Å². The summed E-state index contributed by atoms with van der Waals surface area (Å²) in [5, 5.41) is 9.49. The Morgan fingerprint density at radius 2 is 2.21 bits per heavy atom. The van der Waals surface area contributed by atoms with Gasteiger partial charge in [-0.15, -0.1) is 0 Å². The first-order chi connectivity index (χ1) is 8.92. The Balaban J connectivity index is 2.30. The molecule has 0 unspecified atom stereocenters. The van der Waals surface area contributed by atoms with Crippen LogP contribution in [0.1, 0.15) is 26.1 Å². The van der Waals surface area contributed by atoms with E-state index in [2.05, 4.69) is 39.1 Å². The van der Waals surface area contributed by atoms with Gasteiger partial charge in [-0.05, 0) is 13.0 Å². The van der Waals surface area contributed by atoms with Crippen LogP contribution in [0.3, 0.4) is 0 Å². The first-order valence-electron chi connectivity index (χ1n) is 6.20. The summed E-state index contributed by atoms with van der Waals surface area (Å²) < 4.78 is 27.5. The van der Waals surface area contributed by atoms with Crippen LogP contribution >= 0.6 is 0 Å². The molecule has 0 aliphatic rings. The van der Waals surface area contributed by atoms with E-state index in [-0.39, 0.29) is 6.54 Å². The maximum atomic E-state index is 11.9. The van der Waals surface area contributed by atoms with E-state index >= 15 is 0 Å². The lowest BCUT2D eigenvalue weighted by molar-refractivity contribution is 0.438. The van der Waals surface area contributed by atoms with Gasteiger partial charge in [-0.2, -0.15) is 22.5 Å². The number of H-pyrrole nitrogens is 1. The number of aromatic amines is 1. The quantitative estimate of drug-likeness (QED) is 0.530. The van der Waals surface area contributed by atoms with Crippen LogP contribution in [0.5, 0.6) is 0 Å². The number of nitrogens with one attached hydrogen (secondary N) is 3. The summed E-state index contributed by atoms with van der Waals surface area (Å²) in [4.78, 5) is 3.85. The molecule has 0 aromatic carbocycles. The third kappa shape index (κ3) is 6.10. The Morgan fingerprint density at radius 3 is 2.79 bits per heavy atom. The van der Waals surface area contributed by atoms with Crippen LogP contribution in [0.15, 0.2) is 6.33 Å². The van der Waals surface area contributed by atoms with Crippen LogP contribution in [0.2, 0.25) is 0 Å². The molecular formula is C10H22N6O2S. The number of hydrogen-bond acceptors (Lipinski definition) is 5. The lowest BCUT2D eigenvalue weighted by Gasteiger charge is -2.17. The second kappa shape index (κ2) is 7.53. The molecule has 8 nitrogen and oxygen atoms in total. The predicted octanol–water partition coefficient (Wildman–Crippen LogP) is -0.541. The molecule has 0 atom stereocenters. The molecule has 110 valence electrons. The smallest absolute Gasteiger partial charge is 0.279 e. The molecule has 1 aromatic rings. The average Bonchev–Trinajstić information content (AvgIpc) is 2.84. The second-order valence-corrected chi connectivity index (χ2v) is 6.40. The van der Waals surface area contributed by atoms with Crippen LogP contribution in [0.25, 0.3) is 0 Å².